The van der Waals surface area contributed by atoms with E-state index in [-0.39, 0.29) is 17.4 Å². The standard InChI is InChI=1S/C14H16N2O4S/c1-4-20-13(17)10-12(21-14(15)16-10)8-6-5-7-9(18-2)11(8)19-3/h5-7H,4H2,1-3H3,(H2,15,16). The summed E-state index contributed by atoms with van der Waals surface area (Å²) in [4.78, 5) is 16.7. The molecule has 0 spiro atoms. The van der Waals surface area contributed by atoms with Crippen LogP contribution in [0.4, 0.5) is 5.13 Å². The smallest absolute Gasteiger partial charge is 0.358 e. The maximum atomic E-state index is 12.0. The summed E-state index contributed by atoms with van der Waals surface area (Å²) < 4.78 is 15.7. The molecule has 0 saturated carbocycles. The van der Waals surface area contributed by atoms with Gasteiger partial charge < -0.3 is 19.9 Å². The van der Waals surface area contributed by atoms with Crippen LogP contribution < -0.4 is 15.2 Å². The number of rotatable bonds is 5. The van der Waals surface area contributed by atoms with Crippen molar-refractivity contribution in [2.75, 3.05) is 26.6 Å². The molecule has 0 saturated heterocycles. The number of thiazole rings is 1. The lowest BCUT2D eigenvalue weighted by Crippen LogP contribution is -2.07. The van der Waals surface area contributed by atoms with Crippen LogP contribution in [0.2, 0.25) is 0 Å². The van der Waals surface area contributed by atoms with E-state index >= 15 is 0 Å². The number of esters is 1. The minimum absolute atomic E-state index is 0.186. The van der Waals surface area contributed by atoms with Gasteiger partial charge in [0.1, 0.15) is 0 Å². The topological polar surface area (TPSA) is 83.7 Å². The van der Waals surface area contributed by atoms with E-state index in [4.69, 9.17) is 19.9 Å². The van der Waals surface area contributed by atoms with Gasteiger partial charge in [0.15, 0.2) is 22.3 Å². The van der Waals surface area contributed by atoms with Crippen LogP contribution in [0, 0.1) is 0 Å². The highest BCUT2D eigenvalue weighted by atomic mass is 32.1. The maximum Gasteiger partial charge on any atom is 0.358 e. The second-order valence-electron chi connectivity index (χ2n) is 3.99. The minimum atomic E-state index is -0.509. The highest BCUT2D eigenvalue weighted by molar-refractivity contribution is 7.19. The first-order valence-electron chi connectivity index (χ1n) is 6.27. The molecule has 0 aliphatic carbocycles. The fraction of sp³-hybridized carbons (Fsp3) is 0.286. The van der Waals surface area contributed by atoms with Gasteiger partial charge in [-0.25, -0.2) is 9.78 Å². The molecule has 2 aromatic rings. The van der Waals surface area contributed by atoms with Gasteiger partial charge in [0.2, 0.25) is 0 Å². The van der Waals surface area contributed by atoms with E-state index in [0.717, 1.165) is 0 Å². The van der Waals surface area contributed by atoms with E-state index in [1.54, 1.807) is 20.1 Å². The van der Waals surface area contributed by atoms with Gasteiger partial charge in [0, 0.05) is 5.56 Å². The van der Waals surface area contributed by atoms with Crippen molar-refractivity contribution in [1.29, 1.82) is 0 Å². The van der Waals surface area contributed by atoms with Crippen molar-refractivity contribution in [1.82, 2.24) is 4.98 Å². The van der Waals surface area contributed by atoms with Gasteiger partial charge in [-0.3, -0.25) is 0 Å². The quantitative estimate of drug-likeness (QED) is 0.855. The number of nitrogen functional groups attached to an aromatic ring is 1. The van der Waals surface area contributed by atoms with Crippen LogP contribution in [0.15, 0.2) is 18.2 Å². The average molecular weight is 308 g/mol. The molecule has 2 rings (SSSR count). The Morgan fingerprint density at radius 1 is 1.33 bits per heavy atom. The largest absolute Gasteiger partial charge is 0.493 e. The van der Waals surface area contributed by atoms with Crippen molar-refractivity contribution < 1.29 is 19.0 Å². The number of carbonyl (C=O) groups is 1. The van der Waals surface area contributed by atoms with Crippen molar-refractivity contribution >= 4 is 22.4 Å². The highest BCUT2D eigenvalue weighted by Crippen LogP contribution is 2.42. The molecular weight excluding hydrogens is 292 g/mol. The third-order valence-corrected chi connectivity index (χ3v) is 3.68. The molecule has 21 heavy (non-hydrogen) atoms. The maximum absolute atomic E-state index is 12.0. The molecule has 0 aliphatic heterocycles. The van der Waals surface area contributed by atoms with Crippen LogP contribution in [0.1, 0.15) is 17.4 Å². The van der Waals surface area contributed by atoms with E-state index in [2.05, 4.69) is 4.98 Å². The molecule has 0 radical (unpaired) electrons. The lowest BCUT2D eigenvalue weighted by molar-refractivity contribution is 0.0521. The lowest BCUT2D eigenvalue weighted by atomic mass is 10.1. The highest BCUT2D eigenvalue weighted by Gasteiger charge is 2.23. The number of hydrogen-bond acceptors (Lipinski definition) is 7. The first-order chi connectivity index (χ1) is 10.1. The zero-order valence-electron chi connectivity index (χ0n) is 12.0. The molecular formula is C14H16N2O4S. The summed E-state index contributed by atoms with van der Waals surface area (Å²) in [6.07, 6.45) is 0. The number of ether oxygens (including phenoxy) is 3. The third kappa shape index (κ3) is 2.92. The minimum Gasteiger partial charge on any atom is -0.493 e. The van der Waals surface area contributed by atoms with Crippen LogP contribution in [-0.4, -0.2) is 31.8 Å². The number of hydrogen-bond donors (Lipinski definition) is 1. The van der Waals surface area contributed by atoms with E-state index in [9.17, 15) is 4.79 Å². The Bertz CT molecular complexity index is 654. The summed E-state index contributed by atoms with van der Waals surface area (Å²) in [6, 6.07) is 5.40. The molecule has 1 aromatic carbocycles. The zero-order chi connectivity index (χ0) is 15.4. The number of benzene rings is 1. The third-order valence-electron chi connectivity index (χ3n) is 2.76. The zero-order valence-corrected chi connectivity index (χ0v) is 12.8. The molecule has 6 nitrogen and oxygen atoms in total. The van der Waals surface area contributed by atoms with E-state index in [1.165, 1.54) is 18.4 Å². The van der Waals surface area contributed by atoms with Crippen molar-refractivity contribution in [2.45, 2.75) is 6.92 Å². The summed E-state index contributed by atoms with van der Waals surface area (Å²) in [5, 5.41) is 0.290. The Hall–Kier alpha value is -2.28. The number of nitrogens with two attached hydrogens (primary N) is 1. The number of aromatic nitrogens is 1. The summed E-state index contributed by atoms with van der Waals surface area (Å²) >= 11 is 1.20. The number of methoxy groups -OCH3 is 2. The van der Waals surface area contributed by atoms with Crippen molar-refractivity contribution in [3.05, 3.63) is 23.9 Å². The molecule has 1 heterocycles. The first-order valence-corrected chi connectivity index (χ1v) is 7.08. The summed E-state index contributed by atoms with van der Waals surface area (Å²) in [5.41, 5.74) is 6.62. The van der Waals surface area contributed by atoms with Gasteiger partial charge in [0.05, 0.1) is 25.7 Å². The number of para-hydroxylation sites is 1. The normalized spacial score (nSPS) is 10.2. The average Bonchev–Trinajstić information content (AvgIpc) is 2.88. The van der Waals surface area contributed by atoms with E-state index < -0.39 is 5.97 Å². The second kappa shape index (κ2) is 6.45. The monoisotopic (exact) mass is 308 g/mol. The summed E-state index contributed by atoms with van der Waals surface area (Å²) in [7, 11) is 3.09. The number of carbonyl (C=O) groups excluding carboxylic acids is 1. The molecule has 112 valence electrons. The van der Waals surface area contributed by atoms with Gasteiger partial charge in [0.25, 0.3) is 0 Å². The SMILES string of the molecule is CCOC(=O)c1nc(N)sc1-c1cccc(OC)c1OC. The molecule has 7 heteroatoms. The molecule has 0 amide bonds. The Balaban J connectivity index is 2.59. The predicted molar refractivity (Wildman–Crippen MR) is 81.0 cm³/mol. The fourth-order valence-electron chi connectivity index (χ4n) is 1.92. The molecule has 0 fully saturated rings. The molecule has 0 bridgehead atoms. The molecule has 0 atom stereocenters. The van der Waals surface area contributed by atoms with E-state index in [0.29, 0.717) is 21.9 Å². The predicted octanol–water partition coefficient (Wildman–Crippen LogP) is 2.59. The van der Waals surface area contributed by atoms with Crippen molar-refractivity contribution in [3.8, 4) is 21.9 Å². The van der Waals surface area contributed by atoms with Gasteiger partial charge in [-0.1, -0.05) is 17.4 Å². The Labute approximate surface area is 126 Å². The van der Waals surface area contributed by atoms with E-state index in [1.807, 2.05) is 12.1 Å². The Kier molecular flexibility index (Phi) is 4.64. The molecule has 1 aromatic heterocycles. The summed E-state index contributed by atoms with van der Waals surface area (Å²) in [5.74, 6) is 0.580. The number of nitrogens with zero attached hydrogens (tertiary/aromatic N) is 1. The van der Waals surface area contributed by atoms with Crippen LogP contribution in [0.5, 0.6) is 11.5 Å². The number of anilines is 1. The van der Waals surface area contributed by atoms with Gasteiger partial charge >= 0.3 is 5.97 Å². The van der Waals surface area contributed by atoms with Gasteiger partial charge in [-0.05, 0) is 19.1 Å². The van der Waals surface area contributed by atoms with Crippen molar-refractivity contribution in [3.63, 3.8) is 0 Å². The van der Waals surface area contributed by atoms with Crippen LogP contribution in [0.25, 0.3) is 10.4 Å². The molecule has 0 unspecified atom stereocenters. The fourth-order valence-corrected chi connectivity index (χ4v) is 2.77. The summed E-state index contributed by atoms with van der Waals surface area (Å²) in [6.45, 7) is 2.00. The van der Waals surface area contributed by atoms with Gasteiger partial charge in [-0.2, -0.15) is 0 Å². The van der Waals surface area contributed by atoms with Crippen LogP contribution in [0.3, 0.4) is 0 Å². The Morgan fingerprint density at radius 2 is 2.10 bits per heavy atom. The van der Waals surface area contributed by atoms with Crippen molar-refractivity contribution in [2.24, 2.45) is 0 Å². The molecule has 2 N–H and O–H groups in total. The van der Waals surface area contributed by atoms with Gasteiger partial charge in [-0.15, -0.1) is 0 Å². The second-order valence-corrected chi connectivity index (χ2v) is 5.02. The lowest BCUT2D eigenvalue weighted by Gasteiger charge is -2.12. The Morgan fingerprint density at radius 3 is 2.71 bits per heavy atom. The molecule has 0 aliphatic rings. The van der Waals surface area contributed by atoms with Crippen LogP contribution in [-0.2, 0) is 4.74 Å². The first kappa shape index (κ1) is 15.1. The van der Waals surface area contributed by atoms with Crippen LogP contribution >= 0.6 is 11.3 Å².